The highest BCUT2D eigenvalue weighted by molar-refractivity contribution is 7.12. The van der Waals surface area contributed by atoms with Crippen molar-refractivity contribution >= 4 is 17.2 Å². The zero-order valence-electron chi connectivity index (χ0n) is 14.8. The van der Waals surface area contributed by atoms with Crippen LogP contribution < -0.4 is 0 Å². The summed E-state index contributed by atoms with van der Waals surface area (Å²) in [5.74, 6) is 8.54. The van der Waals surface area contributed by atoms with Gasteiger partial charge in [-0.3, -0.25) is 4.79 Å². The minimum Gasteiger partial charge on any atom is -0.337 e. The van der Waals surface area contributed by atoms with Crippen LogP contribution in [0.3, 0.4) is 0 Å². The Labute approximate surface area is 158 Å². The maximum absolute atomic E-state index is 13.0. The Balaban J connectivity index is 1.30. The maximum atomic E-state index is 13.0. The van der Waals surface area contributed by atoms with E-state index in [0.717, 1.165) is 48.1 Å². The van der Waals surface area contributed by atoms with Gasteiger partial charge in [0.05, 0.1) is 12.2 Å². The molecule has 2 aromatic rings. The van der Waals surface area contributed by atoms with Crippen molar-refractivity contribution in [1.29, 1.82) is 0 Å². The van der Waals surface area contributed by atoms with Gasteiger partial charge in [-0.15, -0.1) is 11.3 Å². The molecule has 132 valence electrons. The third kappa shape index (κ3) is 2.95. The lowest BCUT2D eigenvalue weighted by Gasteiger charge is -2.31. The summed E-state index contributed by atoms with van der Waals surface area (Å²) in [6.07, 6.45) is 5.89. The number of carbonyl (C=O) groups is 1. The summed E-state index contributed by atoms with van der Waals surface area (Å²) in [7, 11) is 0. The second-order valence-corrected chi connectivity index (χ2v) is 8.88. The number of benzene rings is 1. The van der Waals surface area contributed by atoms with Gasteiger partial charge in [0.1, 0.15) is 0 Å². The van der Waals surface area contributed by atoms with Gasteiger partial charge in [0.15, 0.2) is 5.01 Å². The molecule has 2 fully saturated rings. The first-order chi connectivity index (χ1) is 12.8. The molecule has 2 aliphatic carbocycles. The Morgan fingerprint density at radius 1 is 1.15 bits per heavy atom. The number of rotatable bonds is 1. The molecule has 1 aromatic carbocycles. The summed E-state index contributed by atoms with van der Waals surface area (Å²) in [4.78, 5) is 21.0. The molecule has 5 rings (SSSR count). The van der Waals surface area contributed by atoms with Crippen molar-refractivity contribution in [3.8, 4) is 11.8 Å². The molecule has 1 aliphatic heterocycles. The lowest BCUT2D eigenvalue weighted by Crippen LogP contribution is -2.41. The van der Waals surface area contributed by atoms with E-state index < -0.39 is 0 Å². The minimum atomic E-state index is 0.292. The number of nitrogens with zero attached hydrogens (tertiary/aromatic N) is 2. The summed E-state index contributed by atoms with van der Waals surface area (Å²) in [6, 6.07) is 10.0. The molecule has 3 nitrogen and oxygen atoms in total. The Morgan fingerprint density at radius 2 is 2.04 bits per heavy atom. The van der Waals surface area contributed by atoms with E-state index >= 15 is 0 Å². The van der Waals surface area contributed by atoms with Gasteiger partial charge in [0.2, 0.25) is 5.91 Å². The maximum Gasteiger partial charge on any atom is 0.226 e. The zero-order chi connectivity index (χ0) is 17.5. The number of thiazole rings is 1. The number of hydrogen-bond donors (Lipinski definition) is 0. The molecule has 2 saturated carbocycles. The van der Waals surface area contributed by atoms with Crippen molar-refractivity contribution in [1.82, 2.24) is 9.88 Å². The summed E-state index contributed by atoms with van der Waals surface area (Å²) in [6.45, 7) is 1.54. The number of aromatic nitrogens is 1. The molecule has 26 heavy (non-hydrogen) atoms. The van der Waals surface area contributed by atoms with E-state index in [1.807, 2.05) is 30.3 Å². The van der Waals surface area contributed by atoms with Crippen molar-refractivity contribution in [3.05, 3.63) is 51.5 Å². The summed E-state index contributed by atoms with van der Waals surface area (Å²) >= 11 is 1.65. The first-order valence-corrected chi connectivity index (χ1v) is 10.4. The third-order valence-electron chi connectivity index (χ3n) is 6.19. The van der Waals surface area contributed by atoms with E-state index in [0.29, 0.717) is 17.7 Å². The number of carbonyl (C=O) groups excluding carboxylic acids is 1. The zero-order valence-corrected chi connectivity index (χ0v) is 15.6. The van der Waals surface area contributed by atoms with E-state index in [1.165, 1.54) is 24.1 Å². The van der Waals surface area contributed by atoms with E-state index in [4.69, 9.17) is 4.98 Å². The van der Waals surface area contributed by atoms with Crippen LogP contribution in [0.1, 0.15) is 46.8 Å². The van der Waals surface area contributed by atoms with Crippen LogP contribution in [0.5, 0.6) is 0 Å². The molecular formula is C22H22N2OS. The van der Waals surface area contributed by atoms with Crippen molar-refractivity contribution in [2.75, 3.05) is 6.54 Å². The second kappa shape index (κ2) is 6.55. The van der Waals surface area contributed by atoms with Crippen LogP contribution in [0.15, 0.2) is 30.3 Å². The molecule has 0 spiro atoms. The van der Waals surface area contributed by atoms with E-state index in [2.05, 4.69) is 16.7 Å². The van der Waals surface area contributed by atoms with Crippen LogP contribution in [0.4, 0.5) is 0 Å². The number of fused-ring (bicyclic) bond motifs is 3. The smallest absolute Gasteiger partial charge is 0.226 e. The fraction of sp³-hybridized carbons (Fsp3) is 0.455. The van der Waals surface area contributed by atoms with Crippen molar-refractivity contribution < 1.29 is 4.79 Å². The van der Waals surface area contributed by atoms with Gasteiger partial charge in [-0.2, -0.15) is 0 Å². The molecule has 1 aromatic heterocycles. The molecule has 0 N–H and O–H groups in total. The first kappa shape index (κ1) is 16.1. The van der Waals surface area contributed by atoms with Gasteiger partial charge in [-0.1, -0.05) is 30.5 Å². The lowest BCUT2D eigenvalue weighted by atomic mass is 9.87. The topological polar surface area (TPSA) is 33.2 Å². The molecule has 0 saturated heterocycles. The fourth-order valence-electron chi connectivity index (χ4n) is 4.87. The highest BCUT2D eigenvalue weighted by Crippen LogP contribution is 2.49. The summed E-state index contributed by atoms with van der Waals surface area (Å²) in [5, 5.41) is 0.869. The highest BCUT2D eigenvalue weighted by Gasteiger charge is 2.44. The molecule has 3 aliphatic rings. The largest absolute Gasteiger partial charge is 0.337 e. The number of amides is 1. The van der Waals surface area contributed by atoms with Gasteiger partial charge in [0.25, 0.3) is 0 Å². The average molecular weight is 362 g/mol. The van der Waals surface area contributed by atoms with Crippen molar-refractivity contribution in [2.24, 2.45) is 17.8 Å². The van der Waals surface area contributed by atoms with Crippen LogP contribution in [0.2, 0.25) is 0 Å². The van der Waals surface area contributed by atoms with E-state index in [9.17, 15) is 4.79 Å². The van der Waals surface area contributed by atoms with Crippen LogP contribution in [0, 0.1) is 29.6 Å². The van der Waals surface area contributed by atoms with E-state index in [-0.39, 0.29) is 0 Å². The standard InChI is InChI=1S/C22H22N2OS/c25-22(18-13-16-6-8-17(18)12-16)24-11-10-19-20(14-24)26-21(23-19)9-7-15-4-2-1-3-5-15/h1-5,16-18H,6,8,10-14H2/t16-,17+,18+/m1/s1. The van der Waals surface area contributed by atoms with Gasteiger partial charge >= 0.3 is 0 Å². The van der Waals surface area contributed by atoms with Crippen LogP contribution in [-0.4, -0.2) is 22.3 Å². The normalized spacial score (nSPS) is 26.3. The molecular weight excluding hydrogens is 340 g/mol. The first-order valence-electron chi connectivity index (χ1n) is 9.60. The summed E-state index contributed by atoms with van der Waals surface area (Å²) in [5.41, 5.74) is 2.15. The highest BCUT2D eigenvalue weighted by atomic mass is 32.1. The lowest BCUT2D eigenvalue weighted by molar-refractivity contribution is -0.138. The molecule has 2 bridgehead atoms. The minimum absolute atomic E-state index is 0.292. The molecule has 3 atom stereocenters. The molecule has 4 heteroatoms. The molecule has 1 amide bonds. The second-order valence-electron chi connectivity index (χ2n) is 7.80. The van der Waals surface area contributed by atoms with Crippen molar-refractivity contribution in [3.63, 3.8) is 0 Å². The third-order valence-corrected chi connectivity index (χ3v) is 7.18. The Kier molecular flexibility index (Phi) is 4.05. The quantitative estimate of drug-likeness (QED) is 0.722. The molecule has 0 unspecified atom stereocenters. The monoisotopic (exact) mass is 362 g/mol. The van der Waals surface area contributed by atoms with Gasteiger partial charge in [-0.05, 0) is 49.2 Å². The van der Waals surface area contributed by atoms with Crippen LogP contribution in [0.25, 0.3) is 0 Å². The molecule has 0 radical (unpaired) electrons. The SMILES string of the molecule is O=C([C@H]1C[C@@H]2CC[C@H]1C2)N1CCc2nc(C#Cc3ccccc3)sc2C1. The van der Waals surface area contributed by atoms with Gasteiger partial charge < -0.3 is 4.90 Å². The Bertz CT molecular complexity index is 892. The molecule has 2 heterocycles. The van der Waals surface area contributed by atoms with Crippen LogP contribution >= 0.6 is 11.3 Å². The van der Waals surface area contributed by atoms with E-state index in [1.54, 1.807) is 11.3 Å². The Morgan fingerprint density at radius 3 is 2.81 bits per heavy atom. The number of hydrogen-bond acceptors (Lipinski definition) is 3. The predicted molar refractivity (Wildman–Crippen MR) is 103 cm³/mol. The van der Waals surface area contributed by atoms with Gasteiger partial charge in [0, 0.05) is 29.3 Å². The van der Waals surface area contributed by atoms with Gasteiger partial charge in [-0.25, -0.2) is 4.98 Å². The summed E-state index contributed by atoms with van der Waals surface area (Å²) < 4.78 is 0. The average Bonchev–Trinajstić information content (AvgIpc) is 3.40. The van der Waals surface area contributed by atoms with Crippen molar-refractivity contribution in [2.45, 2.75) is 38.6 Å². The Hall–Kier alpha value is -2.12. The fourth-order valence-corrected chi connectivity index (χ4v) is 5.84. The predicted octanol–water partition coefficient (Wildman–Crippen LogP) is 3.86. The van der Waals surface area contributed by atoms with Crippen LogP contribution in [-0.2, 0) is 17.8 Å².